The van der Waals surface area contributed by atoms with Gasteiger partial charge in [-0.25, -0.2) is 0 Å². The highest BCUT2D eigenvalue weighted by Crippen LogP contribution is 2.27. The third-order valence-electron chi connectivity index (χ3n) is 3.98. The van der Waals surface area contributed by atoms with Crippen LogP contribution in [0.4, 0.5) is 5.69 Å². The Morgan fingerprint density at radius 1 is 1.05 bits per heavy atom. The molecule has 2 aromatic rings. The van der Waals surface area contributed by atoms with Crippen molar-refractivity contribution in [1.29, 1.82) is 0 Å². The van der Waals surface area contributed by atoms with E-state index in [1.54, 1.807) is 0 Å². The number of anilines is 1. The van der Waals surface area contributed by atoms with E-state index in [0.717, 1.165) is 43.9 Å². The zero-order chi connectivity index (χ0) is 14.5. The lowest BCUT2D eigenvalue weighted by Crippen LogP contribution is -2.23. The summed E-state index contributed by atoms with van der Waals surface area (Å²) >= 11 is 0. The van der Waals surface area contributed by atoms with E-state index >= 15 is 0 Å². The van der Waals surface area contributed by atoms with E-state index in [9.17, 15) is 0 Å². The fourth-order valence-corrected chi connectivity index (χ4v) is 2.81. The summed E-state index contributed by atoms with van der Waals surface area (Å²) in [7, 11) is 0. The van der Waals surface area contributed by atoms with Gasteiger partial charge >= 0.3 is 0 Å². The Balaban J connectivity index is 1.44. The monoisotopic (exact) mass is 282 g/mol. The number of benzene rings is 2. The third kappa shape index (κ3) is 3.37. The summed E-state index contributed by atoms with van der Waals surface area (Å²) in [5.41, 5.74) is 9.58. The van der Waals surface area contributed by atoms with Crippen molar-refractivity contribution >= 4 is 5.69 Å². The van der Waals surface area contributed by atoms with Crippen LogP contribution >= 0.6 is 0 Å². The molecule has 2 N–H and O–H groups in total. The minimum Gasteiger partial charge on any atom is -0.494 e. The number of rotatable bonds is 6. The lowest BCUT2D eigenvalue weighted by atomic mass is 10.2. The lowest BCUT2D eigenvalue weighted by Gasteiger charge is -2.19. The first-order valence-corrected chi connectivity index (χ1v) is 7.61. The Bertz CT molecular complexity index is 580. The predicted molar refractivity (Wildman–Crippen MR) is 86.8 cm³/mol. The van der Waals surface area contributed by atoms with Gasteiger partial charge < -0.3 is 15.4 Å². The Morgan fingerprint density at radius 2 is 1.86 bits per heavy atom. The molecule has 110 valence electrons. The molecule has 0 atom stereocenters. The topological polar surface area (TPSA) is 38.5 Å². The summed E-state index contributed by atoms with van der Waals surface area (Å²) in [5.74, 6) is 0.925. The standard InChI is InChI=1S/C18H22N2O/c19-14-15-6-8-17(9-7-15)21-13-3-11-20-12-10-16-4-1-2-5-18(16)20/h1-2,4-9H,3,10-14,19H2. The molecule has 3 nitrogen and oxygen atoms in total. The predicted octanol–water partition coefficient (Wildman–Crippen LogP) is 2.98. The van der Waals surface area contributed by atoms with Gasteiger partial charge in [0.15, 0.2) is 0 Å². The van der Waals surface area contributed by atoms with Crippen LogP contribution in [0.2, 0.25) is 0 Å². The maximum atomic E-state index is 5.79. The minimum atomic E-state index is 0.578. The van der Waals surface area contributed by atoms with Crippen LogP contribution in [-0.2, 0) is 13.0 Å². The average Bonchev–Trinajstić information content (AvgIpc) is 2.95. The number of nitrogens with zero attached hydrogens (tertiary/aromatic N) is 1. The molecular weight excluding hydrogens is 260 g/mol. The van der Waals surface area contributed by atoms with Gasteiger partial charge in [0.05, 0.1) is 6.61 Å². The van der Waals surface area contributed by atoms with Crippen molar-refractivity contribution in [2.45, 2.75) is 19.4 Å². The fourth-order valence-electron chi connectivity index (χ4n) is 2.81. The molecule has 0 aromatic heterocycles. The van der Waals surface area contributed by atoms with Gasteiger partial charge in [-0.05, 0) is 42.2 Å². The van der Waals surface area contributed by atoms with Gasteiger partial charge in [0.1, 0.15) is 5.75 Å². The number of nitrogens with two attached hydrogens (primary N) is 1. The molecule has 0 saturated carbocycles. The first-order valence-electron chi connectivity index (χ1n) is 7.61. The molecule has 1 heterocycles. The summed E-state index contributed by atoms with van der Waals surface area (Å²) in [6.45, 7) is 3.51. The largest absolute Gasteiger partial charge is 0.494 e. The van der Waals surface area contributed by atoms with Crippen LogP contribution in [0.15, 0.2) is 48.5 Å². The molecule has 0 unspecified atom stereocenters. The third-order valence-corrected chi connectivity index (χ3v) is 3.98. The summed E-state index contributed by atoms with van der Waals surface area (Å²) < 4.78 is 5.79. The van der Waals surface area contributed by atoms with Gasteiger partial charge in [0.2, 0.25) is 0 Å². The highest BCUT2D eigenvalue weighted by atomic mass is 16.5. The first-order chi connectivity index (χ1) is 10.4. The smallest absolute Gasteiger partial charge is 0.119 e. The zero-order valence-corrected chi connectivity index (χ0v) is 12.3. The molecular formula is C18H22N2O. The Kier molecular flexibility index (Phi) is 4.41. The van der Waals surface area contributed by atoms with Crippen LogP contribution in [0, 0.1) is 0 Å². The zero-order valence-electron chi connectivity index (χ0n) is 12.3. The molecule has 0 spiro atoms. The van der Waals surface area contributed by atoms with Crippen LogP contribution in [0.25, 0.3) is 0 Å². The van der Waals surface area contributed by atoms with Gasteiger partial charge in [0.25, 0.3) is 0 Å². The molecule has 0 saturated heterocycles. The number of hydrogen-bond donors (Lipinski definition) is 1. The van der Waals surface area contributed by atoms with Crippen LogP contribution in [0.5, 0.6) is 5.75 Å². The van der Waals surface area contributed by atoms with E-state index in [4.69, 9.17) is 10.5 Å². The molecule has 1 aliphatic rings. The maximum Gasteiger partial charge on any atom is 0.119 e. The molecule has 0 fully saturated rings. The quantitative estimate of drug-likeness (QED) is 0.828. The highest BCUT2D eigenvalue weighted by Gasteiger charge is 2.17. The normalized spacial score (nSPS) is 13.3. The molecule has 0 amide bonds. The Morgan fingerprint density at radius 3 is 2.67 bits per heavy atom. The molecule has 3 heteroatoms. The fraction of sp³-hybridized carbons (Fsp3) is 0.333. The van der Waals surface area contributed by atoms with Crippen molar-refractivity contribution in [2.75, 3.05) is 24.6 Å². The minimum absolute atomic E-state index is 0.578. The van der Waals surface area contributed by atoms with Crippen molar-refractivity contribution in [1.82, 2.24) is 0 Å². The van der Waals surface area contributed by atoms with Crippen molar-refractivity contribution in [3.05, 3.63) is 59.7 Å². The number of ether oxygens (including phenoxy) is 1. The Labute approximate surface area is 126 Å². The van der Waals surface area contributed by atoms with E-state index < -0.39 is 0 Å². The van der Waals surface area contributed by atoms with Crippen LogP contribution in [0.1, 0.15) is 17.5 Å². The first kappa shape index (κ1) is 14.0. The van der Waals surface area contributed by atoms with E-state index in [1.807, 2.05) is 24.3 Å². The molecule has 0 bridgehead atoms. The highest BCUT2D eigenvalue weighted by molar-refractivity contribution is 5.57. The Hall–Kier alpha value is -2.00. The molecule has 21 heavy (non-hydrogen) atoms. The van der Waals surface area contributed by atoms with E-state index in [2.05, 4.69) is 29.2 Å². The molecule has 3 rings (SSSR count). The van der Waals surface area contributed by atoms with Crippen molar-refractivity contribution in [2.24, 2.45) is 5.73 Å². The summed E-state index contributed by atoms with van der Waals surface area (Å²) in [4.78, 5) is 2.45. The average molecular weight is 282 g/mol. The van der Waals surface area contributed by atoms with Gasteiger partial charge in [-0.15, -0.1) is 0 Å². The second-order valence-electron chi connectivity index (χ2n) is 5.42. The SMILES string of the molecule is NCc1ccc(OCCCN2CCc3ccccc32)cc1. The van der Waals surface area contributed by atoms with Crippen molar-refractivity contribution < 1.29 is 4.74 Å². The maximum absolute atomic E-state index is 5.79. The van der Waals surface area contributed by atoms with Crippen molar-refractivity contribution in [3.63, 3.8) is 0 Å². The summed E-state index contributed by atoms with van der Waals surface area (Å²) in [6.07, 6.45) is 2.20. The van der Waals surface area contributed by atoms with E-state index in [-0.39, 0.29) is 0 Å². The second kappa shape index (κ2) is 6.64. The summed E-state index contributed by atoms with van der Waals surface area (Å²) in [5, 5.41) is 0. The molecule has 2 aromatic carbocycles. The molecule has 1 aliphatic heterocycles. The number of para-hydroxylation sites is 1. The number of fused-ring (bicyclic) bond motifs is 1. The van der Waals surface area contributed by atoms with Gasteiger partial charge in [0, 0.05) is 25.3 Å². The van der Waals surface area contributed by atoms with Gasteiger partial charge in [-0.2, -0.15) is 0 Å². The van der Waals surface area contributed by atoms with Gasteiger partial charge in [-0.1, -0.05) is 30.3 Å². The van der Waals surface area contributed by atoms with E-state index in [1.165, 1.54) is 11.3 Å². The number of hydrogen-bond acceptors (Lipinski definition) is 3. The van der Waals surface area contributed by atoms with Gasteiger partial charge in [-0.3, -0.25) is 0 Å². The molecule has 0 aliphatic carbocycles. The van der Waals surface area contributed by atoms with Crippen LogP contribution in [-0.4, -0.2) is 19.7 Å². The van der Waals surface area contributed by atoms with Crippen LogP contribution in [0.3, 0.4) is 0 Å². The van der Waals surface area contributed by atoms with E-state index in [0.29, 0.717) is 6.54 Å². The summed E-state index contributed by atoms with van der Waals surface area (Å²) in [6, 6.07) is 16.7. The lowest BCUT2D eigenvalue weighted by molar-refractivity contribution is 0.312. The second-order valence-corrected chi connectivity index (χ2v) is 5.42. The van der Waals surface area contributed by atoms with Crippen molar-refractivity contribution in [3.8, 4) is 5.75 Å². The molecule has 0 radical (unpaired) electrons. The van der Waals surface area contributed by atoms with Crippen LogP contribution < -0.4 is 15.4 Å².